The van der Waals surface area contributed by atoms with Crippen molar-refractivity contribution < 1.29 is 4.42 Å². The minimum Gasteiger partial charge on any atom is -0.463 e. The van der Waals surface area contributed by atoms with Gasteiger partial charge in [-0.05, 0) is 18.1 Å². The smallest absolute Gasteiger partial charge is 0.289 e. The molecule has 0 unspecified atom stereocenters. The van der Waals surface area contributed by atoms with Crippen LogP contribution in [0.4, 0.5) is 5.82 Å². The monoisotopic (exact) mass is 359 g/mol. The number of aromatic nitrogens is 1. The van der Waals surface area contributed by atoms with Crippen LogP contribution >= 0.6 is 0 Å². The van der Waals surface area contributed by atoms with Crippen LogP contribution in [0.3, 0.4) is 0 Å². The summed E-state index contributed by atoms with van der Waals surface area (Å²) in [6, 6.07) is 8.54. The molecule has 8 nitrogen and oxygen atoms in total. The van der Waals surface area contributed by atoms with Gasteiger partial charge in [0.25, 0.3) is 5.56 Å². The second kappa shape index (κ2) is 6.54. The van der Waals surface area contributed by atoms with Crippen molar-refractivity contribution in [3.63, 3.8) is 0 Å². The first kappa shape index (κ1) is 17.5. The average Bonchev–Trinajstić information content (AvgIpc) is 2.67. The Hall–Kier alpha value is -4.30. The Bertz CT molecular complexity index is 1300. The van der Waals surface area contributed by atoms with Gasteiger partial charge in [0.1, 0.15) is 40.9 Å². The van der Waals surface area contributed by atoms with E-state index in [1.807, 2.05) is 0 Å². The van der Waals surface area contributed by atoms with Gasteiger partial charge in [0, 0.05) is 5.56 Å². The maximum atomic E-state index is 13.0. The highest BCUT2D eigenvalue weighted by atomic mass is 16.3. The van der Waals surface area contributed by atoms with Crippen LogP contribution < -0.4 is 22.6 Å². The van der Waals surface area contributed by atoms with Crippen LogP contribution in [0.25, 0.3) is 22.1 Å². The highest BCUT2D eigenvalue weighted by Crippen LogP contribution is 2.28. The largest absolute Gasteiger partial charge is 0.463 e. The van der Waals surface area contributed by atoms with Crippen molar-refractivity contribution in [2.45, 2.75) is 6.42 Å². The Labute approximate surface area is 152 Å². The summed E-state index contributed by atoms with van der Waals surface area (Å²) in [5.74, 6) is 5.18. The van der Waals surface area contributed by atoms with E-state index < -0.39 is 16.6 Å². The number of allylic oxidation sites excluding steroid dienone is 1. The van der Waals surface area contributed by atoms with Gasteiger partial charge in [0.05, 0.1) is 10.9 Å². The molecular weight excluding hydrogens is 346 g/mol. The first-order valence-corrected chi connectivity index (χ1v) is 7.74. The molecule has 27 heavy (non-hydrogen) atoms. The van der Waals surface area contributed by atoms with Gasteiger partial charge in [-0.15, -0.1) is 6.58 Å². The van der Waals surface area contributed by atoms with Crippen molar-refractivity contribution >= 4 is 16.8 Å². The van der Waals surface area contributed by atoms with Gasteiger partial charge in [0.15, 0.2) is 0 Å². The summed E-state index contributed by atoms with van der Waals surface area (Å²) < 4.78 is 6.13. The number of benzene rings is 1. The van der Waals surface area contributed by atoms with Crippen molar-refractivity contribution in [3.05, 3.63) is 74.4 Å². The minimum absolute atomic E-state index is 0.115. The van der Waals surface area contributed by atoms with Crippen LogP contribution in [0.5, 0.6) is 0 Å². The third kappa shape index (κ3) is 2.53. The van der Waals surface area contributed by atoms with E-state index >= 15 is 0 Å². The quantitative estimate of drug-likeness (QED) is 0.529. The van der Waals surface area contributed by atoms with Crippen LogP contribution in [0.15, 0.2) is 51.1 Å². The van der Waals surface area contributed by atoms with Crippen molar-refractivity contribution in [3.8, 4) is 23.3 Å². The Morgan fingerprint density at radius 1 is 1.22 bits per heavy atom. The lowest BCUT2D eigenvalue weighted by atomic mass is 9.96. The fourth-order valence-corrected chi connectivity index (χ4v) is 2.90. The molecule has 0 bridgehead atoms. The predicted molar refractivity (Wildman–Crippen MR) is 100 cm³/mol. The third-order valence-electron chi connectivity index (χ3n) is 4.19. The second-order valence-electron chi connectivity index (χ2n) is 5.67. The number of nitrogens with zero attached hydrogens (tertiary/aromatic N) is 3. The molecule has 0 saturated heterocycles. The lowest BCUT2D eigenvalue weighted by molar-refractivity contribution is 0.601. The van der Waals surface area contributed by atoms with Crippen LogP contribution in [-0.4, -0.2) is 4.68 Å². The average molecular weight is 359 g/mol. The molecule has 4 N–H and O–H groups in total. The summed E-state index contributed by atoms with van der Waals surface area (Å²) in [7, 11) is 0. The maximum absolute atomic E-state index is 13.0. The first-order chi connectivity index (χ1) is 13.0. The number of nitrogens with two attached hydrogens (primary N) is 2. The number of fused-ring (bicyclic) bond motifs is 1. The summed E-state index contributed by atoms with van der Waals surface area (Å²) in [5, 5.41) is 19.1. The molecule has 0 spiro atoms. The Morgan fingerprint density at radius 2 is 1.93 bits per heavy atom. The highest BCUT2D eigenvalue weighted by Gasteiger charge is 2.24. The van der Waals surface area contributed by atoms with Crippen LogP contribution in [-0.2, 0) is 6.42 Å². The van der Waals surface area contributed by atoms with E-state index in [9.17, 15) is 20.1 Å². The zero-order chi connectivity index (χ0) is 19.7. The molecule has 0 saturated carbocycles. The number of hydrogen-bond donors (Lipinski definition) is 2. The number of para-hydroxylation sites is 1. The number of hydrogen-bond acceptors (Lipinski definition) is 7. The van der Waals surface area contributed by atoms with Gasteiger partial charge >= 0.3 is 0 Å². The molecule has 0 amide bonds. The van der Waals surface area contributed by atoms with Gasteiger partial charge in [-0.1, -0.05) is 18.2 Å². The molecule has 0 fully saturated rings. The number of nitrogen functional groups attached to an aromatic ring is 2. The molecule has 132 valence electrons. The van der Waals surface area contributed by atoms with E-state index in [4.69, 9.17) is 16.0 Å². The molecule has 1 aromatic carbocycles. The summed E-state index contributed by atoms with van der Waals surface area (Å²) in [4.78, 5) is 25.3. The zero-order valence-corrected chi connectivity index (χ0v) is 14.0. The molecule has 0 aliphatic heterocycles. The topological polar surface area (TPSA) is 152 Å². The summed E-state index contributed by atoms with van der Waals surface area (Å²) in [5.41, 5.74) is 4.44. The van der Waals surface area contributed by atoms with Crippen molar-refractivity contribution in [2.75, 3.05) is 11.6 Å². The van der Waals surface area contributed by atoms with Crippen LogP contribution in [0.1, 0.15) is 16.7 Å². The molecule has 2 aromatic heterocycles. The SMILES string of the molecule is C=CCc1cccc2c(=O)c(-c3c(C#N)c(N)n(N)c(=O)c3C#N)coc12. The Balaban J connectivity index is 2.49. The lowest BCUT2D eigenvalue weighted by Gasteiger charge is -2.12. The van der Waals surface area contributed by atoms with Gasteiger partial charge in [-0.3, -0.25) is 9.59 Å². The zero-order valence-electron chi connectivity index (χ0n) is 14.0. The van der Waals surface area contributed by atoms with E-state index in [-0.39, 0.29) is 27.9 Å². The normalized spacial score (nSPS) is 10.3. The Morgan fingerprint density at radius 3 is 2.56 bits per heavy atom. The van der Waals surface area contributed by atoms with Gasteiger partial charge in [0.2, 0.25) is 5.43 Å². The van der Waals surface area contributed by atoms with E-state index in [1.54, 1.807) is 36.4 Å². The number of rotatable bonds is 3. The van der Waals surface area contributed by atoms with E-state index in [1.165, 1.54) is 0 Å². The van der Waals surface area contributed by atoms with E-state index in [0.29, 0.717) is 16.7 Å². The van der Waals surface area contributed by atoms with Gasteiger partial charge in [-0.25, -0.2) is 4.68 Å². The number of anilines is 1. The fourth-order valence-electron chi connectivity index (χ4n) is 2.90. The van der Waals surface area contributed by atoms with Crippen molar-refractivity contribution in [2.24, 2.45) is 0 Å². The molecule has 8 heteroatoms. The number of nitriles is 2. The predicted octanol–water partition coefficient (Wildman–Crippen LogP) is 1.39. The Kier molecular flexibility index (Phi) is 4.25. The molecule has 0 aliphatic carbocycles. The standard InChI is InChI=1S/C19H13N5O3/c1-2-4-10-5-3-6-11-16(25)14(9-27-17(10)11)15-12(7-20)18(22)24(23)19(26)13(15)8-21/h2-3,5-6,9H,1,4,22-23H2. The second-order valence-corrected chi connectivity index (χ2v) is 5.67. The van der Waals surface area contributed by atoms with E-state index in [2.05, 4.69) is 6.58 Å². The first-order valence-electron chi connectivity index (χ1n) is 7.74. The molecule has 3 aromatic rings. The van der Waals surface area contributed by atoms with Gasteiger partial charge < -0.3 is 16.0 Å². The molecule has 0 aliphatic rings. The summed E-state index contributed by atoms with van der Waals surface area (Å²) in [6.45, 7) is 3.67. The molecule has 3 rings (SSSR count). The van der Waals surface area contributed by atoms with Crippen LogP contribution in [0, 0.1) is 22.7 Å². The van der Waals surface area contributed by atoms with Crippen molar-refractivity contribution in [1.29, 1.82) is 10.5 Å². The lowest BCUT2D eigenvalue weighted by Crippen LogP contribution is -2.33. The number of pyridine rings is 1. The summed E-state index contributed by atoms with van der Waals surface area (Å²) >= 11 is 0. The maximum Gasteiger partial charge on any atom is 0.289 e. The van der Waals surface area contributed by atoms with Gasteiger partial charge in [-0.2, -0.15) is 10.5 Å². The molecule has 2 heterocycles. The summed E-state index contributed by atoms with van der Waals surface area (Å²) in [6.07, 6.45) is 3.28. The minimum atomic E-state index is -0.913. The highest BCUT2D eigenvalue weighted by molar-refractivity contribution is 5.87. The molecular formula is C19H13N5O3. The third-order valence-corrected chi connectivity index (χ3v) is 4.19. The fraction of sp³-hybridized carbons (Fsp3) is 0.0526. The van der Waals surface area contributed by atoms with Crippen molar-refractivity contribution in [1.82, 2.24) is 4.68 Å². The molecule has 0 radical (unpaired) electrons. The van der Waals surface area contributed by atoms with E-state index in [0.717, 1.165) is 11.8 Å². The molecule has 0 atom stereocenters. The van der Waals surface area contributed by atoms with Crippen LogP contribution in [0.2, 0.25) is 0 Å².